The van der Waals surface area contributed by atoms with Crippen LogP contribution in [-0.4, -0.2) is 16.1 Å². The SMILES string of the molecule is Cc1ccc(NC(=O)[C@@H](C)Sc2nc(-c3ccc(F)cc3)cc(-c3ccc(C)cc3)c2C#N)cc1. The van der Waals surface area contributed by atoms with E-state index in [1.54, 1.807) is 19.1 Å². The molecule has 0 aliphatic carbocycles. The number of nitriles is 1. The Hall–Kier alpha value is -3.95. The van der Waals surface area contributed by atoms with Gasteiger partial charge in [-0.1, -0.05) is 59.3 Å². The largest absolute Gasteiger partial charge is 0.325 e. The molecule has 4 nitrogen and oxygen atoms in total. The molecular weight excluding hydrogens is 457 g/mol. The maximum absolute atomic E-state index is 13.5. The van der Waals surface area contributed by atoms with Gasteiger partial charge in [-0.15, -0.1) is 0 Å². The highest BCUT2D eigenvalue weighted by Crippen LogP contribution is 2.36. The Morgan fingerprint density at radius 3 is 2.11 bits per heavy atom. The van der Waals surface area contributed by atoms with Crippen molar-refractivity contribution in [3.05, 3.63) is 101 Å². The minimum Gasteiger partial charge on any atom is -0.325 e. The van der Waals surface area contributed by atoms with Crippen molar-refractivity contribution in [2.75, 3.05) is 5.32 Å². The Bertz CT molecular complexity index is 1390. The number of amides is 1. The molecule has 1 amide bonds. The molecule has 0 fully saturated rings. The molecule has 0 aliphatic heterocycles. The van der Waals surface area contributed by atoms with Gasteiger partial charge >= 0.3 is 0 Å². The first-order valence-electron chi connectivity index (χ1n) is 11.2. The molecule has 0 bridgehead atoms. The highest BCUT2D eigenvalue weighted by atomic mass is 32.2. The van der Waals surface area contributed by atoms with Crippen LogP contribution in [0.15, 0.2) is 83.9 Å². The molecular formula is C29H24FN3OS. The number of pyridine rings is 1. The summed E-state index contributed by atoms with van der Waals surface area (Å²) < 4.78 is 13.5. The summed E-state index contributed by atoms with van der Waals surface area (Å²) in [6, 6.07) is 25.7. The van der Waals surface area contributed by atoms with Crippen LogP contribution in [0.3, 0.4) is 0 Å². The lowest BCUT2D eigenvalue weighted by Gasteiger charge is -2.16. The van der Waals surface area contributed by atoms with Gasteiger partial charge in [0.05, 0.1) is 16.5 Å². The van der Waals surface area contributed by atoms with Crippen LogP contribution >= 0.6 is 11.8 Å². The van der Waals surface area contributed by atoms with Crippen LogP contribution in [0.1, 0.15) is 23.6 Å². The van der Waals surface area contributed by atoms with E-state index in [4.69, 9.17) is 4.98 Å². The quantitative estimate of drug-likeness (QED) is 0.297. The average Bonchev–Trinajstić information content (AvgIpc) is 2.86. The monoisotopic (exact) mass is 481 g/mol. The van der Waals surface area contributed by atoms with Gasteiger partial charge in [0.25, 0.3) is 0 Å². The van der Waals surface area contributed by atoms with Gasteiger partial charge in [0, 0.05) is 16.8 Å². The van der Waals surface area contributed by atoms with Crippen LogP contribution < -0.4 is 5.32 Å². The first-order valence-corrected chi connectivity index (χ1v) is 12.0. The van der Waals surface area contributed by atoms with Crippen LogP contribution in [-0.2, 0) is 4.79 Å². The Labute approximate surface area is 208 Å². The lowest BCUT2D eigenvalue weighted by atomic mass is 9.98. The topological polar surface area (TPSA) is 65.8 Å². The summed E-state index contributed by atoms with van der Waals surface area (Å²) >= 11 is 1.23. The van der Waals surface area contributed by atoms with Crippen molar-refractivity contribution in [3.8, 4) is 28.5 Å². The van der Waals surface area contributed by atoms with Gasteiger partial charge in [0.15, 0.2) is 0 Å². The van der Waals surface area contributed by atoms with Crippen molar-refractivity contribution in [3.63, 3.8) is 0 Å². The van der Waals surface area contributed by atoms with Crippen LogP contribution in [0.4, 0.5) is 10.1 Å². The highest BCUT2D eigenvalue weighted by molar-refractivity contribution is 8.00. The normalized spacial score (nSPS) is 11.5. The fraction of sp³-hybridized carbons (Fsp3) is 0.138. The molecule has 0 unspecified atom stereocenters. The standard InChI is InChI=1S/C29H24FN3OS/c1-18-4-8-21(9-5-18)25-16-27(22-10-12-23(30)13-11-22)33-29(26(25)17-31)35-20(3)28(34)32-24-14-6-19(2)7-15-24/h4-16,20H,1-3H3,(H,32,34)/t20-/m1/s1. The predicted octanol–water partition coefficient (Wildman–Crippen LogP) is 7.16. The summed E-state index contributed by atoms with van der Waals surface area (Å²) in [6.07, 6.45) is 0. The highest BCUT2D eigenvalue weighted by Gasteiger charge is 2.21. The molecule has 4 rings (SSSR count). The van der Waals surface area contributed by atoms with Gasteiger partial charge in [-0.05, 0) is 68.8 Å². The number of hydrogen-bond donors (Lipinski definition) is 1. The average molecular weight is 482 g/mol. The molecule has 174 valence electrons. The fourth-order valence-electron chi connectivity index (χ4n) is 3.55. The number of anilines is 1. The second-order valence-corrected chi connectivity index (χ2v) is 9.66. The Morgan fingerprint density at radius 1 is 0.943 bits per heavy atom. The molecule has 0 radical (unpaired) electrons. The number of halogens is 1. The van der Waals surface area contributed by atoms with E-state index in [9.17, 15) is 14.4 Å². The summed E-state index contributed by atoms with van der Waals surface area (Å²) in [6.45, 7) is 5.77. The molecule has 1 heterocycles. The van der Waals surface area contributed by atoms with Gasteiger partial charge in [-0.2, -0.15) is 5.26 Å². The van der Waals surface area contributed by atoms with Gasteiger partial charge < -0.3 is 5.32 Å². The van der Waals surface area contributed by atoms with E-state index in [1.165, 1.54) is 23.9 Å². The van der Waals surface area contributed by atoms with E-state index in [0.29, 0.717) is 22.0 Å². The summed E-state index contributed by atoms with van der Waals surface area (Å²) in [5, 5.41) is 12.9. The number of carbonyl (C=O) groups is 1. The number of nitrogens with one attached hydrogen (secondary N) is 1. The Morgan fingerprint density at radius 2 is 1.51 bits per heavy atom. The molecule has 3 aromatic carbocycles. The van der Waals surface area contributed by atoms with Crippen molar-refractivity contribution < 1.29 is 9.18 Å². The molecule has 35 heavy (non-hydrogen) atoms. The third-order valence-electron chi connectivity index (χ3n) is 5.58. The molecule has 6 heteroatoms. The van der Waals surface area contributed by atoms with E-state index < -0.39 is 5.25 Å². The molecule has 1 N–H and O–H groups in total. The first kappa shape index (κ1) is 24.2. The maximum Gasteiger partial charge on any atom is 0.237 e. The number of rotatable bonds is 6. The number of hydrogen-bond acceptors (Lipinski definition) is 4. The summed E-state index contributed by atoms with van der Waals surface area (Å²) in [7, 11) is 0. The van der Waals surface area contributed by atoms with Crippen molar-refractivity contribution >= 4 is 23.4 Å². The van der Waals surface area contributed by atoms with E-state index >= 15 is 0 Å². The van der Waals surface area contributed by atoms with Gasteiger partial charge in [-0.25, -0.2) is 9.37 Å². The van der Waals surface area contributed by atoms with Crippen molar-refractivity contribution in [2.45, 2.75) is 31.0 Å². The zero-order valence-electron chi connectivity index (χ0n) is 19.7. The van der Waals surface area contributed by atoms with Gasteiger partial charge in [0.1, 0.15) is 16.9 Å². The Balaban J connectivity index is 1.73. The number of aryl methyl sites for hydroxylation is 2. The van der Waals surface area contributed by atoms with Crippen molar-refractivity contribution in [1.29, 1.82) is 5.26 Å². The lowest BCUT2D eigenvalue weighted by molar-refractivity contribution is -0.115. The molecule has 1 aromatic heterocycles. The number of aromatic nitrogens is 1. The molecule has 1 atom stereocenters. The molecule has 0 saturated carbocycles. The number of benzene rings is 3. The van der Waals surface area contributed by atoms with Crippen LogP contribution in [0.5, 0.6) is 0 Å². The van der Waals surface area contributed by atoms with Gasteiger partial charge in [-0.3, -0.25) is 4.79 Å². The van der Waals surface area contributed by atoms with Crippen LogP contribution in [0.25, 0.3) is 22.4 Å². The summed E-state index contributed by atoms with van der Waals surface area (Å²) in [5.74, 6) is -0.522. The second-order valence-electron chi connectivity index (χ2n) is 8.34. The van der Waals surface area contributed by atoms with E-state index in [1.807, 2.05) is 68.4 Å². The van der Waals surface area contributed by atoms with E-state index in [-0.39, 0.29) is 11.7 Å². The maximum atomic E-state index is 13.5. The number of thioether (sulfide) groups is 1. The smallest absolute Gasteiger partial charge is 0.237 e. The van der Waals surface area contributed by atoms with Crippen LogP contribution in [0.2, 0.25) is 0 Å². The second kappa shape index (κ2) is 10.5. The summed E-state index contributed by atoms with van der Waals surface area (Å²) in [5.41, 5.74) is 6.25. The van der Waals surface area contributed by atoms with Crippen molar-refractivity contribution in [2.24, 2.45) is 0 Å². The lowest BCUT2D eigenvalue weighted by Crippen LogP contribution is -2.22. The first-order chi connectivity index (χ1) is 16.8. The third kappa shape index (κ3) is 5.76. The molecule has 0 spiro atoms. The zero-order chi connectivity index (χ0) is 24.9. The Kier molecular flexibility index (Phi) is 7.28. The van der Waals surface area contributed by atoms with Gasteiger partial charge in [0.2, 0.25) is 5.91 Å². The van der Waals surface area contributed by atoms with Crippen LogP contribution in [0, 0.1) is 31.0 Å². The molecule has 0 aliphatic rings. The van der Waals surface area contributed by atoms with E-state index in [0.717, 1.165) is 27.8 Å². The third-order valence-corrected chi connectivity index (χ3v) is 6.66. The van der Waals surface area contributed by atoms with E-state index in [2.05, 4.69) is 11.4 Å². The minimum absolute atomic E-state index is 0.186. The predicted molar refractivity (Wildman–Crippen MR) is 140 cm³/mol. The molecule has 4 aromatic rings. The van der Waals surface area contributed by atoms with Crippen molar-refractivity contribution in [1.82, 2.24) is 4.98 Å². The zero-order valence-corrected chi connectivity index (χ0v) is 20.5. The molecule has 0 saturated heterocycles. The number of carbonyl (C=O) groups excluding carboxylic acids is 1. The number of nitrogens with zero attached hydrogens (tertiary/aromatic N) is 2. The minimum atomic E-state index is -0.509. The fourth-order valence-corrected chi connectivity index (χ4v) is 4.47. The summed E-state index contributed by atoms with van der Waals surface area (Å²) in [4.78, 5) is 17.6.